The SMILES string of the molecule is CNC(Cc1c(F)cccc1F)c1ccc(SC)cc1. The van der Waals surface area contributed by atoms with Gasteiger partial charge in [0.2, 0.25) is 0 Å². The molecular formula is C16H17F2NS. The summed E-state index contributed by atoms with van der Waals surface area (Å²) in [5, 5.41) is 3.12. The predicted octanol–water partition coefficient (Wildman–Crippen LogP) is 4.19. The van der Waals surface area contributed by atoms with E-state index >= 15 is 0 Å². The van der Waals surface area contributed by atoms with E-state index < -0.39 is 11.6 Å². The topological polar surface area (TPSA) is 12.0 Å². The molecule has 2 aromatic carbocycles. The van der Waals surface area contributed by atoms with E-state index in [2.05, 4.69) is 5.32 Å². The summed E-state index contributed by atoms with van der Waals surface area (Å²) in [6, 6.07) is 11.9. The molecule has 1 N–H and O–H groups in total. The highest BCUT2D eigenvalue weighted by Crippen LogP contribution is 2.24. The van der Waals surface area contributed by atoms with Gasteiger partial charge in [0, 0.05) is 16.5 Å². The summed E-state index contributed by atoms with van der Waals surface area (Å²) in [4.78, 5) is 1.17. The van der Waals surface area contributed by atoms with Crippen LogP contribution in [0, 0.1) is 11.6 Å². The van der Waals surface area contributed by atoms with Gasteiger partial charge in [-0.25, -0.2) is 8.78 Å². The minimum absolute atomic E-state index is 0.114. The Kier molecular flexibility index (Phi) is 5.15. The summed E-state index contributed by atoms with van der Waals surface area (Å²) >= 11 is 1.67. The number of likely N-dealkylation sites (N-methyl/N-ethyl adjacent to an activating group) is 1. The third-order valence-corrected chi connectivity index (χ3v) is 4.08. The Hall–Kier alpha value is -1.39. The first-order chi connectivity index (χ1) is 9.65. The normalized spacial score (nSPS) is 12.4. The molecule has 20 heavy (non-hydrogen) atoms. The van der Waals surface area contributed by atoms with Crippen LogP contribution in [-0.4, -0.2) is 13.3 Å². The minimum atomic E-state index is -0.494. The van der Waals surface area contributed by atoms with Gasteiger partial charge in [-0.3, -0.25) is 0 Å². The highest BCUT2D eigenvalue weighted by molar-refractivity contribution is 7.98. The molecule has 0 saturated carbocycles. The number of benzene rings is 2. The van der Waals surface area contributed by atoms with Crippen molar-refractivity contribution in [3.8, 4) is 0 Å². The molecule has 0 saturated heterocycles. The Bertz CT molecular complexity index is 549. The summed E-state index contributed by atoms with van der Waals surface area (Å²) in [7, 11) is 1.80. The fourth-order valence-corrected chi connectivity index (χ4v) is 2.56. The van der Waals surface area contributed by atoms with Crippen molar-refractivity contribution in [2.24, 2.45) is 0 Å². The summed E-state index contributed by atoms with van der Waals surface area (Å²) in [6.45, 7) is 0. The van der Waals surface area contributed by atoms with Crippen LogP contribution in [0.4, 0.5) is 8.78 Å². The molecule has 0 aliphatic carbocycles. The molecule has 0 spiro atoms. The average molecular weight is 293 g/mol. The molecule has 0 bridgehead atoms. The number of nitrogens with one attached hydrogen (secondary N) is 1. The van der Waals surface area contributed by atoms with Gasteiger partial charge in [-0.1, -0.05) is 18.2 Å². The Morgan fingerprint density at radius 1 is 1.05 bits per heavy atom. The number of rotatable bonds is 5. The van der Waals surface area contributed by atoms with Crippen molar-refractivity contribution in [2.75, 3.05) is 13.3 Å². The molecule has 106 valence electrons. The van der Waals surface area contributed by atoms with Gasteiger partial charge < -0.3 is 5.32 Å². The Morgan fingerprint density at radius 2 is 1.65 bits per heavy atom. The second-order valence-electron chi connectivity index (χ2n) is 4.52. The lowest BCUT2D eigenvalue weighted by Gasteiger charge is -2.18. The van der Waals surface area contributed by atoms with E-state index in [1.807, 2.05) is 30.5 Å². The molecule has 1 atom stereocenters. The molecule has 2 aromatic rings. The molecule has 4 heteroatoms. The highest BCUT2D eigenvalue weighted by atomic mass is 32.2. The highest BCUT2D eigenvalue weighted by Gasteiger charge is 2.16. The monoisotopic (exact) mass is 293 g/mol. The molecule has 0 heterocycles. The van der Waals surface area contributed by atoms with Gasteiger partial charge in [0.1, 0.15) is 11.6 Å². The third kappa shape index (κ3) is 3.38. The van der Waals surface area contributed by atoms with Crippen LogP contribution in [0.3, 0.4) is 0 Å². The molecule has 0 fully saturated rings. The van der Waals surface area contributed by atoms with Crippen LogP contribution in [-0.2, 0) is 6.42 Å². The minimum Gasteiger partial charge on any atom is -0.313 e. The zero-order valence-electron chi connectivity index (χ0n) is 11.5. The van der Waals surface area contributed by atoms with Gasteiger partial charge >= 0.3 is 0 Å². The zero-order chi connectivity index (χ0) is 14.5. The first kappa shape index (κ1) is 15.0. The molecular weight excluding hydrogens is 276 g/mol. The van der Waals surface area contributed by atoms with Crippen LogP contribution < -0.4 is 5.32 Å². The van der Waals surface area contributed by atoms with Gasteiger partial charge in [0.25, 0.3) is 0 Å². The molecule has 1 unspecified atom stereocenters. The van der Waals surface area contributed by atoms with Crippen molar-refractivity contribution in [3.63, 3.8) is 0 Å². The first-order valence-electron chi connectivity index (χ1n) is 6.39. The quantitative estimate of drug-likeness (QED) is 0.830. The molecule has 0 aliphatic rings. The van der Waals surface area contributed by atoms with Crippen molar-refractivity contribution in [1.29, 1.82) is 0 Å². The summed E-state index contributed by atoms with van der Waals surface area (Å²) in [6.07, 6.45) is 2.30. The Labute approximate surface area is 122 Å². The number of halogens is 2. The second kappa shape index (κ2) is 6.86. The zero-order valence-corrected chi connectivity index (χ0v) is 12.3. The maximum Gasteiger partial charge on any atom is 0.129 e. The largest absolute Gasteiger partial charge is 0.313 e. The van der Waals surface area contributed by atoms with Crippen LogP contribution in [0.25, 0.3) is 0 Å². The summed E-state index contributed by atoms with van der Waals surface area (Å²) in [5.74, 6) is -0.989. The lowest BCUT2D eigenvalue weighted by Crippen LogP contribution is -2.20. The number of thioether (sulfide) groups is 1. The van der Waals surface area contributed by atoms with E-state index in [1.165, 1.54) is 23.1 Å². The van der Waals surface area contributed by atoms with Crippen molar-refractivity contribution < 1.29 is 8.78 Å². The van der Waals surface area contributed by atoms with Crippen LogP contribution in [0.5, 0.6) is 0 Å². The molecule has 0 radical (unpaired) electrons. The van der Waals surface area contributed by atoms with Crippen molar-refractivity contribution in [2.45, 2.75) is 17.4 Å². The van der Waals surface area contributed by atoms with E-state index in [0.29, 0.717) is 0 Å². The maximum absolute atomic E-state index is 13.7. The van der Waals surface area contributed by atoms with Crippen LogP contribution in [0.1, 0.15) is 17.2 Å². The molecule has 2 rings (SSSR count). The first-order valence-corrected chi connectivity index (χ1v) is 7.62. The Morgan fingerprint density at radius 3 is 2.15 bits per heavy atom. The van der Waals surface area contributed by atoms with Gasteiger partial charge in [0.15, 0.2) is 0 Å². The van der Waals surface area contributed by atoms with Crippen LogP contribution in [0.2, 0.25) is 0 Å². The Balaban J connectivity index is 2.24. The lowest BCUT2D eigenvalue weighted by molar-refractivity contribution is 0.515. The summed E-state index contributed by atoms with van der Waals surface area (Å²) in [5.41, 5.74) is 1.15. The smallest absolute Gasteiger partial charge is 0.129 e. The van der Waals surface area contributed by atoms with Gasteiger partial charge in [-0.15, -0.1) is 11.8 Å². The standard InChI is InChI=1S/C16H17F2NS/c1-19-16(11-6-8-12(20-2)9-7-11)10-13-14(17)4-3-5-15(13)18/h3-9,16,19H,10H2,1-2H3. The second-order valence-corrected chi connectivity index (χ2v) is 5.40. The third-order valence-electron chi connectivity index (χ3n) is 3.34. The molecule has 0 aromatic heterocycles. The van der Waals surface area contributed by atoms with E-state index in [9.17, 15) is 8.78 Å². The average Bonchev–Trinajstić information content (AvgIpc) is 2.47. The number of hydrogen-bond acceptors (Lipinski definition) is 2. The molecule has 0 aliphatic heterocycles. The van der Waals surface area contributed by atoms with Gasteiger partial charge in [-0.05, 0) is 49.6 Å². The molecule has 0 amide bonds. The van der Waals surface area contributed by atoms with Crippen LogP contribution >= 0.6 is 11.8 Å². The van der Waals surface area contributed by atoms with Crippen molar-refractivity contribution in [1.82, 2.24) is 5.32 Å². The van der Waals surface area contributed by atoms with Crippen LogP contribution in [0.15, 0.2) is 47.4 Å². The van der Waals surface area contributed by atoms with Gasteiger partial charge in [-0.2, -0.15) is 0 Å². The fourth-order valence-electron chi connectivity index (χ4n) is 2.15. The summed E-state index contributed by atoms with van der Waals surface area (Å²) < 4.78 is 27.4. The van der Waals surface area contributed by atoms with Crippen molar-refractivity contribution in [3.05, 3.63) is 65.2 Å². The van der Waals surface area contributed by atoms with E-state index in [0.717, 1.165) is 5.56 Å². The fraction of sp³-hybridized carbons (Fsp3) is 0.250. The lowest BCUT2D eigenvalue weighted by atomic mass is 9.98. The van der Waals surface area contributed by atoms with E-state index in [1.54, 1.807) is 18.8 Å². The predicted molar refractivity (Wildman–Crippen MR) is 80.1 cm³/mol. The number of hydrogen-bond donors (Lipinski definition) is 1. The van der Waals surface area contributed by atoms with Gasteiger partial charge in [0.05, 0.1) is 0 Å². The molecule has 1 nitrogen and oxygen atoms in total. The van der Waals surface area contributed by atoms with E-state index in [4.69, 9.17) is 0 Å². The van der Waals surface area contributed by atoms with Crippen molar-refractivity contribution >= 4 is 11.8 Å². The van der Waals surface area contributed by atoms with E-state index in [-0.39, 0.29) is 18.0 Å². The maximum atomic E-state index is 13.7.